The monoisotopic (exact) mass is 201 g/mol. The van der Waals surface area contributed by atoms with Gasteiger partial charge < -0.3 is 9.72 Å². The second-order valence-electron chi connectivity index (χ2n) is 3.14. The van der Waals surface area contributed by atoms with E-state index in [2.05, 4.69) is 9.72 Å². The van der Waals surface area contributed by atoms with Crippen LogP contribution in [0.1, 0.15) is 5.56 Å². The number of ether oxygens (including phenoxy) is 1. The van der Waals surface area contributed by atoms with E-state index in [-0.39, 0.29) is 5.97 Å². The van der Waals surface area contributed by atoms with E-state index in [0.717, 1.165) is 16.5 Å². The number of benzene rings is 1. The fourth-order valence-electron chi connectivity index (χ4n) is 1.48. The van der Waals surface area contributed by atoms with Crippen LogP contribution in [0, 0.1) is 0 Å². The van der Waals surface area contributed by atoms with Crippen molar-refractivity contribution in [2.75, 3.05) is 7.11 Å². The number of H-pyrrole nitrogens is 1. The van der Waals surface area contributed by atoms with Crippen LogP contribution in [-0.4, -0.2) is 18.1 Å². The molecule has 0 saturated carbocycles. The van der Waals surface area contributed by atoms with Crippen LogP contribution in [0.5, 0.6) is 0 Å². The van der Waals surface area contributed by atoms with Crippen molar-refractivity contribution in [3.05, 3.63) is 42.1 Å². The highest BCUT2D eigenvalue weighted by molar-refractivity contribution is 5.93. The summed E-state index contributed by atoms with van der Waals surface area (Å²) in [6, 6.07) is 7.86. The lowest BCUT2D eigenvalue weighted by Crippen LogP contribution is -1.93. The number of esters is 1. The highest BCUT2D eigenvalue weighted by Gasteiger charge is 1.98. The molecule has 2 rings (SSSR count). The molecule has 1 N–H and O–H groups in total. The highest BCUT2D eigenvalue weighted by atomic mass is 16.5. The lowest BCUT2D eigenvalue weighted by atomic mass is 10.1. The number of rotatable bonds is 2. The summed E-state index contributed by atoms with van der Waals surface area (Å²) in [5.41, 5.74) is 2.06. The van der Waals surface area contributed by atoms with Crippen LogP contribution in [0.25, 0.3) is 17.0 Å². The van der Waals surface area contributed by atoms with E-state index in [1.807, 2.05) is 30.5 Å². The van der Waals surface area contributed by atoms with E-state index < -0.39 is 0 Å². The molecule has 1 heterocycles. The lowest BCUT2D eigenvalue weighted by molar-refractivity contribution is -0.134. The molecule has 0 fully saturated rings. The van der Waals surface area contributed by atoms with Gasteiger partial charge in [0.25, 0.3) is 0 Å². The summed E-state index contributed by atoms with van der Waals surface area (Å²) in [5.74, 6) is -0.345. The maximum Gasteiger partial charge on any atom is 0.330 e. The molecule has 3 nitrogen and oxygen atoms in total. The largest absolute Gasteiger partial charge is 0.466 e. The second kappa shape index (κ2) is 4.00. The van der Waals surface area contributed by atoms with Gasteiger partial charge in [0.1, 0.15) is 0 Å². The van der Waals surface area contributed by atoms with Crippen molar-refractivity contribution in [2.45, 2.75) is 0 Å². The molecule has 0 atom stereocenters. The van der Waals surface area contributed by atoms with Gasteiger partial charge >= 0.3 is 5.97 Å². The zero-order valence-corrected chi connectivity index (χ0v) is 8.36. The highest BCUT2D eigenvalue weighted by Crippen LogP contribution is 2.18. The van der Waals surface area contributed by atoms with Crippen molar-refractivity contribution < 1.29 is 9.53 Å². The van der Waals surface area contributed by atoms with Gasteiger partial charge in [-0.3, -0.25) is 0 Å². The number of aromatic nitrogens is 1. The van der Waals surface area contributed by atoms with E-state index in [1.54, 1.807) is 6.08 Å². The molecule has 0 bridgehead atoms. The van der Waals surface area contributed by atoms with Gasteiger partial charge in [-0.25, -0.2) is 4.79 Å². The minimum atomic E-state index is -0.345. The Morgan fingerprint density at radius 2 is 2.27 bits per heavy atom. The summed E-state index contributed by atoms with van der Waals surface area (Å²) in [6.07, 6.45) is 5.05. The minimum Gasteiger partial charge on any atom is -0.466 e. The van der Waals surface area contributed by atoms with Gasteiger partial charge in [0.15, 0.2) is 0 Å². The first-order valence-corrected chi connectivity index (χ1v) is 4.63. The van der Waals surface area contributed by atoms with Crippen LogP contribution in [-0.2, 0) is 9.53 Å². The number of carbonyl (C=O) groups excluding carboxylic acids is 1. The average molecular weight is 201 g/mol. The first kappa shape index (κ1) is 9.52. The van der Waals surface area contributed by atoms with Crippen LogP contribution in [0.3, 0.4) is 0 Å². The molecule has 0 aliphatic carbocycles. The topological polar surface area (TPSA) is 42.1 Å². The molecule has 0 aliphatic rings. The predicted molar refractivity (Wildman–Crippen MR) is 59.3 cm³/mol. The predicted octanol–water partition coefficient (Wildman–Crippen LogP) is 2.35. The third-order valence-corrected chi connectivity index (χ3v) is 2.23. The molecule has 76 valence electrons. The first-order valence-electron chi connectivity index (χ1n) is 4.63. The third kappa shape index (κ3) is 1.91. The lowest BCUT2D eigenvalue weighted by Gasteiger charge is -1.96. The Labute approximate surface area is 87.4 Å². The quantitative estimate of drug-likeness (QED) is 0.598. The number of hydrogen-bond acceptors (Lipinski definition) is 2. The summed E-state index contributed by atoms with van der Waals surface area (Å²) in [5, 5.41) is 1.10. The number of hydrogen-bond donors (Lipinski definition) is 1. The van der Waals surface area contributed by atoms with Gasteiger partial charge in [-0.2, -0.15) is 0 Å². The SMILES string of the molecule is COC(=O)/C=C\c1cccc2[nH]ccc12. The molecule has 3 heteroatoms. The summed E-state index contributed by atoms with van der Waals surface area (Å²) in [6.45, 7) is 0. The van der Waals surface area contributed by atoms with Crippen LogP contribution >= 0.6 is 0 Å². The van der Waals surface area contributed by atoms with Crippen LogP contribution in [0.2, 0.25) is 0 Å². The molecule has 0 unspecified atom stereocenters. The van der Waals surface area contributed by atoms with E-state index in [4.69, 9.17) is 0 Å². The van der Waals surface area contributed by atoms with E-state index >= 15 is 0 Å². The van der Waals surface area contributed by atoms with E-state index in [1.165, 1.54) is 13.2 Å². The summed E-state index contributed by atoms with van der Waals surface area (Å²) in [4.78, 5) is 14.1. The fourth-order valence-corrected chi connectivity index (χ4v) is 1.48. The van der Waals surface area contributed by atoms with Gasteiger partial charge in [-0.15, -0.1) is 0 Å². The number of aromatic amines is 1. The smallest absolute Gasteiger partial charge is 0.330 e. The molecule has 0 saturated heterocycles. The molecule has 0 radical (unpaired) electrons. The van der Waals surface area contributed by atoms with Crippen molar-refractivity contribution in [3.63, 3.8) is 0 Å². The Morgan fingerprint density at radius 1 is 1.40 bits per heavy atom. The molecule has 2 aromatic rings. The second-order valence-corrected chi connectivity index (χ2v) is 3.14. The molecule has 0 spiro atoms. The number of fused-ring (bicyclic) bond motifs is 1. The zero-order valence-electron chi connectivity index (χ0n) is 8.36. The van der Waals surface area contributed by atoms with Crippen molar-refractivity contribution in [3.8, 4) is 0 Å². The normalized spacial score (nSPS) is 11.0. The number of nitrogens with one attached hydrogen (secondary N) is 1. The Hall–Kier alpha value is -2.03. The van der Waals surface area contributed by atoms with Gasteiger partial charge in [0, 0.05) is 23.2 Å². The Kier molecular flexibility index (Phi) is 2.54. The van der Waals surface area contributed by atoms with Crippen molar-refractivity contribution in [1.29, 1.82) is 0 Å². The third-order valence-electron chi connectivity index (χ3n) is 2.23. The summed E-state index contributed by atoms with van der Waals surface area (Å²) < 4.78 is 4.53. The Balaban J connectivity index is 2.39. The molecular formula is C12H11NO2. The standard InChI is InChI=1S/C12H11NO2/c1-15-12(14)6-5-9-3-2-4-11-10(9)7-8-13-11/h2-8,13H,1H3/b6-5-. The number of methoxy groups -OCH3 is 1. The number of carbonyl (C=O) groups is 1. The van der Waals surface area contributed by atoms with Gasteiger partial charge in [-0.05, 0) is 23.8 Å². The first-order chi connectivity index (χ1) is 7.31. The minimum absolute atomic E-state index is 0.345. The fraction of sp³-hybridized carbons (Fsp3) is 0.0833. The molecule has 0 amide bonds. The Bertz CT molecular complexity index is 511. The van der Waals surface area contributed by atoms with E-state index in [0.29, 0.717) is 0 Å². The zero-order chi connectivity index (χ0) is 10.7. The summed E-state index contributed by atoms with van der Waals surface area (Å²) >= 11 is 0. The average Bonchev–Trinajstić information content (AvgIpc) is 2.74. The van der Waals surface area contributed by atoms with E-state index in [9.17, 15) is 4.79 Å². The van der Waals surface area contributed by atoms with Gasteiger partial charge in [0.2, 0.25) is 0 Å². The molecule has 0 aliphatic heterocycles. The maximum atomic E-state index is 10.9. The molecule has 1 aromatic heterocycles. The maximum absolute atomic E-state index is 10.9. The van der Waals surface area contributed by atoms with Gasteiger partial charge in [0.05, 0.1) is 7.11 Å². The van der Waals surface area contributed by atoms with Crippen LogP contribution < -0.4 is 0 Å². The van der Waals surface area contributed by atoms with Crippen LogP contribution in [0.15, 0.2) is 36.5 Å². The molecule has 15 heavy (non-hydrogen) atoms. The Morgan fingerprint density at radius 3 is 3.07 bits per heavy atom. The van der Waals surface area contributed by atoms with Crippen molar-refractivity contribution in [2.24, 2.45) is 0 Å². The van der Waals surface area contributed by atoms with Gasteiger partial charge in [-0.1, -0.05) is 12.1 Å². The van der Waals surface area contributed by atoms with Crippen LogP contribution in [0.4, 0.5) is 0 Å². The van der Waals surface area contributed by atoms with Crippen molar-refractivity contribution in [1.82, 2.24) is 4.98 Å². The summed E-state index contributed by atoms with van der Waals surface area (Å²) in [7, 11) is 1.36. The molecular weight excluding hydrogens is 190 g/mol. The van der Waals surface area contributed by atoms with Crippen molar-refractivity contribution >= 4 is 22.9 Å². The molecule has 1 aromatic carbocycles.